The first kappa shape index (κ1) is 24.5. The van der Waals surface area contributed by atoms with Crippen molar-refractivity contribution in [1.29, 1.82) is 0 Å². The molecule has 208 valence electrons. The van der Waals surface area contributed by atoms with Gasteiger partial charge in [0.25, 0.3) is 0 Å². The Hall–Kier alpha value is -5.92. The first-order valence-electron chi connectivity index (χ1n) is 15.5. The van der Waals surface area contributed by atoms with Crippen LogP contribution in [0.5, 0.6) is 0 Å². The Bertz CT molecular complexity index is 2700. The Labute approximate surface area is 259 Å². The van der Waals surface area contributed by atoms with Crippen molar-refractivity contribution in [2.24, 2.45) is 0 Å². The number of hydrogen-bond acceptors (Lipinski definition) is 1. The Balaban J connectivity index is 1.23. The lowest BCUT2D eigenvalue weighted by Crippen LogP contribution is -1.91. The molecule has 10 rings (SSSR count). The molecular formula is C44H26O. The monoisotopic (exact) mass is 570 g/mol. The van der Waals surface area contributed by atoms with Gasteiger partial charge >= 0.3 is 0 Å². The van der Waals surface area contributed by atoms with Crippen LogP contribution < -0.4 is 0 Å². The van der Waals surface area contributed by atoms with E-state index in [-0.39, 0.29) is 0 Å². The van der Waals surface area contributed by atoms with Crippen LogP contribution >= 0.6 is 0 Å². The molecule has 9 aromatic carbocycles. The lowest BCUT2D eigenvalue weighted by atomic mass is 9.85. The van der Waals surface area contributed by atoms with E-state index >= 15 is 0 Å². The predicted molar refractivity (Wildman–Crippen MR) is 191 cm³/mol. The van der Waals surface area contributed by atoms with E-state index in [1.807, 2.05) is 0 Å². The molecule has 1 heterocycles. The summed E-state index contributed by atoms with van der Waals surface area (Å²) in [5, 5.41) is 12.4. The molecule has 45 heavy (non-hydrogen) atoms. The maximum Gasteiger partial charge on any atom is 0.136 e. The third-order valence-electron chi connectivity index (χ3n) is 9.60. The van der Waals surface area contributed by atoms with Crippen LogP contribution in [0.1, 0.15) is 0 Å². The molecule has 1 nitrogen and oxygen atoms in total. The molecule has 0 bridgehead atoms. The molecule has 0 spiro atoms. The minimum Gasteiger partial charge on any atom is -0.456 e. The first-order chi connectivity index (χ1) is 22.3. The minimum absolute atomic E-state index is 0.943. The van der Waals surface area contributed by atoms with Gasteiger partial charge in [0.1, 0.15) is 11.2 Å². The number of fused-ring (bicyclic) bond motifs is 3. The number of benzene rings is 9. The summed E-state index contributed by atoms with van der Waals surface area (Å²) >= 11 is 0. The molecule has 0 aliphatic rings. The van der Waals surface area contributed by atoms with E-state index in [9.17, 15) is 0 Å². The highest BCUT2D eigenvalue weighted by Gasteiger charge is 2.19. The quantitative estimate of drug-likeness (QED) is 0.152. The highest BCUT2D eigenvalue weighted by atomic mass is 16.3. The third kappa shape index (κ3) is 3.56. The molecule has 0 aliphatic carbocycles. The maximum absolute atomic E-state index is 6.27. The van der Waals surface area contributed by atoms with Crippen molar-refractivity contribution >= 4 is 65.0 Å². The van der Waals surface area contributed by atoms with Gasteiger partial charge in [0.15, 0.2) is 0 Å². The summed E-state index contributed by atoms with van der Waals surface area (Å²) < 4.78 is 6.27. The summed E-state index contributed by atoms with van der Waals surface area (Å²) in [6.07, 6.45) is 0. The molecule has 0 unspecified atom stereocenters. The normalized spacial score (nSPS) is 12.0. The zero-order chi connectivity index (χ0) is 29.5. The molecule has 1 aromatic heterocycles. The largest absolute Gasteiger partial charge is 0.456 e. The van der Waals surface area contributed by atoms with Gasteiger partial charge in [0.05, 0.1) is 0 Å². The van der Waals surface area contributed by atoms with Gasteiger partial charge in [-0.2, -0.15) is 0 Å². The van der Waals surface area contributed by atoms with Crippen molar-refractivity contribution in [3.05, 3.63) is 158 Å². The van der Waals surface area contributed by atoms with Crippen molar-refractivity contribution in [3.63, 3.8) is 0 Å². The highest BCUT2D eigenvalue weighted by Crippen LogP contribution is 2.46. The van der Waals surface area contributed by atoms with Gasteiger partial charge in [-0.25, -0.2) is 0 Å². The van der Waals surface area contributed by atoms with Crippen LogP contribution in [0.15, 0.2) is 162 Å². The molecule has 0 atom stereocenters. The van der Waals surface area contributed by atoms with Crippen LogP contribution in [0.2, 0.25) is 0 Å². The van der Waals surface area contributed by atoms with E-state index in [0.29, 0.717) is 0 Å². The average Bonchev–Trinajstić information content (AvgIpc) is 3.49. The highest BCUT2D eigenvalue weighted by molar-refractivity contribution is 6.25. The smallest absolute Gasteiger partial charge is 0.136 e. The second kappa shape index (κ2) is 9.29. The molecule has 0 amide bonds. The zero-order valence-corrected chi connectivity index (χ0v) is 24.4. The Morgan fingerprint density at radius 1 is 0.311 bits per heavy atom. The summed E-state index contributed by atoms with van der Waals surface area (Å²) in [7, 11) is 0. The van der Waals surface area contributed by atoms with Crippen LogP contribution in [-0.2, 0) is 0 Å². The number of hydrogen-bond donors (Lipinski definition) is 0. The van der Waals surface area contributed by atoms with Gasteiger partial charge in [-0.3, -0.25) is 0 Å². The fourth-order valence-corrected chi connectivity index (χ4v) is 7.64. The molecule has 10 aromatic rings. The molecule has 0 aliphatic heterocycles. The molecule has 0 saturated heterocycles. The van der Waals surface area contributed by atoms with Gasteiger partial charge in [-0.05, 0) is 101 Å². The van der Waals surface area contributed by atoms with E-state index in [4.69, 9.17) is 4.42 Å². The maximum atomic E-state index is 6.27. The average molecular weight is 571 g/mol. The van der Waals surface area contributed by atoms with Crippen molar-refractivity contribution < 1.29 is 4.42 Å². The van der Waals surface area contributed by atoms with E-state index < -0.39 is 0 Å². The van der Waals surface area contributed by atoms with Gasteiger partial charge in [-0.1, -0.05) is 133 Å². The molecule has 1 heteroatoms. The van der Waals surface area contributed by atoms with Crippen molar-refractivity contribution in [3.8, 4) is 33.4 Å². The summed E-state index contributed by atoms with van der Waals surface area (Å²) in [6.45, 7) is 0. The van der Waals surface area contributed by atoms with Gasteiger partial charge < -0.3 is 4.42 Å². The topological polar surface area (TPSA) is 13.1 Å². The van der Waals surface area contributed by atoms with Gasteiger partial charge in [0.2, 0.25) is 0 Å². The standard InChI is InChI=1S/C44H26O/c1-2-10-29-25-32(20-19-27(29)9-1)42-36-16-5-3-14-34(36)41(35-15-4-6-17-37(35)42)31-13-7-12-30(26-31)33-23-24-40-44-38(33)22-21-28-11-8-18-39(45-40)43(28)44/h1-26H. The number of furan rings is 1. The van der Waals surface area contributed by atoms with Crippen LogP contribution in [0.25, 0.3) is 98.4 Å². The van der Waals surface area contributed by atoms with Crippen molar-refractivity contribution in [2.75, 3.05) is 0 Å². The second-order valence-corrected chi connectivity index (χ2v) is 12.0. The lowest BCUT2D eigenvalue weighted by molar-refractivity contribution is 0.669. The Morgan fingerprint density at radius 2 is 0.889 bits per heavy atom. The van der Waals surface area contributed by atoms with Crippen molar-refractivity contribution in [2.45, 2.75) is 0 Å². The minimum atomic E-state index is 0.943. The van der Waals surface area contributed by atoms with E-state index in [1.54, 1.807) is 0 Å². The fraction of sp³-hybridized carbons (Fsp3) is 0. The zero-order valence-electron chi connectivity index (χ0n) is 24.4. The number of rotatable bonds is 3. The van der Waals surface area contributed by atoms with E-state index in [0.717, 1.165) is 11.2 Å². The Kier molecular flexibility index (Phi) is 5.06. The van der Waals surface area contributed by atoms with Gasteiger partial charge in [-0.15, -0.1) is 0 Å². The third-order valence-corrected chi connectivity index (χ3v) is 9.60. The molecule has 0 saturated carbocycles. The molecule has 0 radical (unpaired) electrons. The fourth-order valence-electron chi connectivity index (χ4n) is 7.64. The molecular weight excluding hydrogens is 544 g/mol. The Morgan fingerprint density at radius 3 is 1.64 bits per heavy atom. The summed E-state index contributed by atoms with van der Waals surface area (Å²) in [5.41, 5.74) is 9.33. The summed E-state index contributed by atoms with van der Waals surface area (Å²) in [6, 6.07) is 57.5. The second-order valence-electron chi connectivity index (χ2n) is 12.0. The molecule has 0 fully saturated rings. The van der Waals surface area contributed by atoms with Crippen LogP contribution in [0, 0.1) is 0 Å². The van der Waals surface area contributed by atoms with Crippen LogP contribution in [0.3, 0.4) is 0 Å². The van der Waals surface area contributed by atoms with Crippen molar-refractivity contribution in [1.82, 2.24) is 0 Å². The van der Waals surface area contributed by atoms with Gasteiger partial charge in [0, 0.05) is 10.8 Å². The first-order valence-corrected chi connectivity index (χ1v) is 15.5. The summed E-state index contributed by atoms with van der Waals surface area (Å²) in [5.74, 6) is 0. The van der Waals surface area contributed by atoms with E-state index in [1.165, 1.54) is 87.2 Å². The lowest BCUT2D eigenvalue weighted by Gasteiger charge is -2.18. The predicted octanol–water partition coefficient (Wildman–Crippen LogP) is 12.6. The SMILES string of the molecule is c1cc(-c2c3ccccc3c(-c3ccc4ccccc4c3)c3ccccc23)cc(-c2ccc3oc4cccc5ccc2c3c54)c1. The van der Waals surface area contributed by atoms with Crippen LogP contribution in [0.4, 0.5) is 0 Å². The summed E-state index contributed by atoms with van der Waals surface area (Å²) in [4.78, 5) is 0. The molecule has 0 N–H and O–H groups in total. The van der Waals surface area contributed by atoms with E-state index in [2.05, 4.69) is 158 Å². The van der Waals surface area contributed by atoms with Crippen LogP contribution in [-0.4, -0.2) is 0 Å².